The Hall–Kier alpha value is -3.79. The Morgan fingerprint density at radius 2 is 1.66 bits per heavy atom. The monoisotopic (exact) mass is 494 g/mol. The van der Waals surface area contributed by atoms with Gasteiger partial charge in [0.25, 0.3) is 17.5 Å². The summed E-state index contributed by atoms with van der Waals surface area (Å²) < 4.78 is 5.74. The third-order valence-electron chi connectivity index (χ3n) is 5.91. The highest BCUT2D eigenvalue weighted by Gasteiger charge is 2.29. The second-order valence-corrected chi connectivity index (χ2v) is 9.42. The first-order valence-corrected chi connectivity index (χ1v) is 12.3. The molecule has 1 heterocycles. The highest BCUT2D eigenvalue weighted by molar-refractivity contribution is 7.09. The van der Waals surface area contributed by atoms with Crippen molar-refractivity contribution in [1.82, 2.24) is 15.6 Å². The fourth-order valence-electron chi connectivity index (χ4n) is 3.97. The molecule has 2 atom stereocenters. The molecule has 2 amide bonds. The van der Waals surface area contributed by atoms with Crippen LogP contribution in [0.3, 0.4) is 0 Å². The molecule has 1 aliphatic carbocycles. The standard InChI is InChI=1S/C25H26N4O5S/c1-16-6-12-19(13-7-16)34-14-23-26-22(15-35-23)25(31)28-21-5-3-2-4-20(21)27-24(30)17-8-10-18(11-9-17)29(32)33/h6-13,15,20-21H,2-5,14H2,1H3,(H,27,30)(H,28,31)/t20-,21-/m1/s1. The number of benzene rings is 2. The topological polar surface area (TPSA) is 123 Å². The van der Waals surface area contributed by atoms with Crippen LogP contribution in [0.1, 0.15) is 57.1 Å². The van der Waals surface area contributed by atoms with Crippen molar-refractivity contribution < 1.29 is 19.2 Å². The van der Waals surface area contributed by atoms with Crippen LogP contribution in [-0.2, 0) is 6.61 Å². The van der Waals surface area contributed by atoms with Crippen molar-refractivity contribution in [2.75, 3.05) is 0 Å². The number of ether oxygens (including phenoxy) is 1. The number of hydrogen-bond acceptors (Lipinski definition) is 7. The van der Waals surface area contributed by atoms with E-state index >= 15 is 0 Å². The lowest BCUT2D eigenvalue weighted by molar-refractivity contribution is -0.384. The number of nitro groups is 1. The molecule has 3 aromatic rings. The van der Waals surface area contributed by atoms with E-state index in [1.54, 1.807) is 5.38 Å². The Kier molecular flexibility index (Phi) is 7.71. The van der Waals surface area contributed by atoms with Crippen LogP contribution in [0, 0.1) is 17.0 Å². The molecule has 2 aromatic carbocycles. The third kappa shape index (κ3) is 6.42. The highest BCUT2D eigenvalue weighted by Crippen LogP contribution is 2.21. The Morgan fingerprint density at radius 1 is 1.03 bits per heavy atom. The fraction of sp³-hybridized carbons (Fsp3) is 0.320. The van der Waals surface area contributed by atoms with Gasteiger partial charge >= 0.3 is 0 Å². The molecule has 0 bridgehead atoms. The SMILES string of the molecule is Cc1ccc(OCc2nc(C(=O)N[C@@H]3CCCC[C@H]3NC(=O)c3ccc([N+](=O)[O-])cc3)cs2)cc1. The number of thiazole rings is 1. The zero-order valence-electron chi connectivity index (χ0n) is 19.2. The largest absolute Gasteiger partial charge is 0.486 e. The lowest BCUT2D eigenvalue weighted by Crippen LogP contribution is -2.53. The maximum Gasteiger partial charge on any atom is 0.271 e. The number of aromatic nitrogens is 1. The summed E-state index contributed by atoms with van der Waals surface area (Å²) in [6, 6.07) is 12.7. The van der Waals surface area contributed by atoms with Crippen molar-refractivity contribution in [2.24, 2.45) is 0 Å². The second kappa shape index (κ2) is 11.1. The number of rotatable bonds is 8. The van der Waals surface area contributed by atoms with E-state index in [1.165, 1.54) is 35.6 Å². The highest BCUT2D eigenvalue weighted by atomic mass is 32.1. The molecule has 1 saturated carbocycles. The summed E-state index contributed by atoms with van der Waals surface area (Å²) >= 11 is 1.36. The van der Waals surface area contributed by atoms with Crippen molar-refractivity contribution in [3.05, 3.63) is 85.9 Å². The van der Waals surface area contributed by atoms with E-state index in [0.717, 1.165) is 37.0 Å². The number of hydrogen-bond donors (Lipinski definition) is 2. The van der Waals surface area contributed by atoms with Crippen LogP contribution < -0.4 is 15.4 Å². The molecule has 0 unspecified atom stereocenters. The molecule has 10 heteroatoms. The van der Waals surface area contributed by atoms with Gasteiger partial charge in [-0.25, -0.2) is 4.98 Å². The smallest absolute Gasteiger partial charge is 0.271 e. The summed E-state index contributed by atoms with van der Waals surface area (Å²) in [5.74, 6) is 0.130. The second-order valence-electron chi connectivity index (χ2n) is 8.48. The van der Waals surface area contributed by atoms with Gasteiger partial charge in [0.2, 0.25) is 0 Å². The van der Waals surface area contributed by atoms with Crippen LogP contribution in [0.4, 0.5) is 5.69 Å². The Morgan fingerprint density at radius 3 is 2.29 bits per heavy atom. The first-order valence-electron chi connectivity index (χ1n) is 11.4. The van der Waals surface area contributed by atoms with Gasteiger partial charge in [0.15, 0.2) is 0 Å². The van der Waals surface area contributed by atoms with Crippen molar-refractivity contribution in [3.8, 4) is 5.75 Å². The van der Waals surface area contributed by atoms with Crippen molar-refractivity contribution >= 4 is 28.8 Å². The summed E-state index contributed by atoms with van der Waals surface area (Å²) in [5.41, 5.74) is 1.74. The summed E-state index contributed by atoms with van der Waals surface area (Å²) in [7, 11) is 0. The van der Waals surface area contributed by atoms with E-state index in [4.69, 9.17) is 4.74 Å². The van der Waals surface area contributed by atoms with Gasteiger partial charge in [0.05, 0.1) is 4.92 Å². The molecule has 0 spiro atoms. The molecule has 2 N–H and O–H groups in total. The van der Waals surface area contributed by atoms with Gasteiger partial charge in [-0.15, -0.1) is 11.3 Å². The molecular formula is C25H26N4O5S. The lowest BCUT2D eigenvalue weighted by Gasteiger charge is -2.32. The van der Waals surface area contributed by atoms with Gasteiger partial charge in [-0.2, -0.15) is 0 Å². The van der Waals surface area contributed by atoms with Gasteiger partial charge < -0.3 is 15.4 Å². The number of aryl methyl sites for hydroxylation is 1. The molecule has 1 fully saturated rings. The van der Waals surface area contributed by atoms with Crippen molar-refractivity contribution in [1.29, 1.82) is 0 Å². The molecule has 4 rings (SSSR count). The minimum absolute atomic E-state index is 0.0729. The Bertz CT molecular complexity index is 1190. The molecule has 0 radical (unpaired) electrons. The Labute approximate surface area is 206 Å². The van der Waals surface area contributed by atoms with Gasteiger partial charge in [0.1, 0.15) is 23.1 Å². The van der Waals surface area contributed by atoms with Crippen LogP contribution in [0.5, 0.6) is 5.75 Å². The maximum absolute atomic E-state index is 12.9. The first-order chi connectivity index (χ1) is 16.9. The van der Waals surface area contributed by atoms with Gasteiger partial charge in [-0.1, -0.05) is 30.5 Å². The summed E-state index contributed by atoms with van der Waals surface area (Å²) in [5, 5.41) is 19.2. The summed E-state index contributed by atoms with van der Waals surface area (Å²) in [6.45, 7) is 2.28. The predicted octanol–water partition coefficient (Wildman–Crippen LogP) is 4.41. The van der Waals surface area contributed by atoms with E-state index in [2.05, 4.69) is 15.6 Å². The van der Waals surface area contributed by atoms with E-state index in [-0.39, 0.29) is 36.2 Å². The van der Waals surface area contributed by atoms with Crippen LogP contribution >= 0.6 is 11.3 Å². The van der Waals surface area contributed by atoms with E-state index < -0.39 is 4.92 Å². The molecular weight excluding hydrogens is 468 g/mol. The summed E-state index contributed by atoms with van der Waals surface area (Å²) in [6.07, 6.45) is 3.36. The van der Waals surface area contributed by atoms with E-state index in [9.17, 15) is 19.7 Å². The number of nitrogens with one attached hydrogen (secondary N) is 2. The van der Waals surface area contributed by atoms with Crippen molar-refractivity contribution in [2.45, 2.75) is 51.3 Å². The fourth-order valence-corrected chi connectivity index (χ4v) is 4.65. The number of carbonyl (C=O) groups excluding carboxylic acids is 2. The molecule has 1 aliphatic rings. The average molecular weight is 495 g/mol. The minimum atomic E-state index is -0.507. The number of carbonyl (C=O) groups is 2. The quantitative estimate of drug-likeness (QED) is 0.353. The van der Waals surface area contributed by atoms with Crippen LogP contribution in [0.2, 0.25) is 0 Å². The number of non-ortho nitro benzene ring substituents is 1. The minimum Gasteiger partial charge on any atom is -0.486 e. The maximum atomic E-state index is 12.9. The molecule has 1 aromatic heterocycles. The number of nitrogens with zero attached hydrogens (tertiary/aromatic N) is 2. The molecule has 0 aliphatic heterocycles. The van der Waals surface area contributed by atoms with Crippen molar-refractivity contribution in [3.63, 3.8) is 0 Å². The molecule has 35 heavy (non-hydrogen) atoms. The molecule has 9 nitrogen and oxygen atoms in total. The molecule has 0 saturated heterocycles. The molecule has 182 valence electrons. The van der Waals surface area contributed by atoms with Gasteiger partial charge in [-0.3, -0.25) is 19.7 Å². The normalized spacial score (nSPS) is 17.4. The van der Waals surface area contributed by atoms with Crippen LogP contribution in [0.25, 0.3) is 0 Å². The summed E-state index contributed by atoms with van der Waals surface area (Å²) in [4.78, 5) is 40.3. The van der Waals surface area contributed by atoms with E-state index in [0.29, 0.717) is 16.3 Å². The number of nitro benzene ring substituents is 1. The zero-order chi connectivity index (χ0) is 24.8. The van der Waals surface area contributed by atoms with Crippen LogP contribution in [0.15, 0.2) is 53.9 Å². The van der Waals surface area contributed by atoms with Gasteiger partial charge in [0, 0.05) is 35.2 Å². The predicted molar refractivity (Wildman–Crippen MR) is 132 cm³/mol. The Balaban J connectivity index is 1.33. The van der Waals surface area contributed by atoms with E-state index in [1.807, 2.05) is 31.2 Å². The third-order valence-corrected chi connectivity index (χ3v) is 6.73. The lowest BCUT2D eigenvalue weighted by atomic mass is 9.90. The zero-order valence-corrected chi connectivity index (χ0v) is 20.0. The average Bonchev–Trinajstić information content (AvgIpc) is 3.34. The van der Waals surface area contributed by atoms with Crippen LogP contribution in [-0.4, -0.2) is 33.8 Å². The first kappa shape index (κ1) is 24.3. The van der Waals surface area contributed by atoms with Gasteiger partial charge in [-0.05, 0) is 44.0 Å². The number of amides is 2.